The topological polar surface area (TPSA) is 70.8 Å². The van der Waals surface area contributed by atoms with Crippen molar-refractivity contribution in [1.82, 2.24) is 4.90 Å². The van der Waals surface area contributed by atoms with E-state index in [1.165, 1.54) is 4.90 Å². The van der Waals surface area contributed by atoms with Crippen LogP contribution >= 0.6 is 15.9 Å². The van der Waals surface area contributed by atoms with Gasteiger partial charge < -0.3 is 9.32 Å². The monoisotopic (exact) mass is 472 g/mol. The zero-order valence-electron chi connectivity index (χ0n) is 17.5. The Kier molecular flexibility index (Phi) is 4.92. The number of hydrogen-bond donors (Lipinski definition) is 0. The third-order valence-electron chi connectivity index (χ3n) is 7.04. The Labute approximate surface area is 184 Å². The van der Waals surface area contributed by atoms with Gasteiger partial charge in [-0.15, -0.1) is 0 Å². The lowest BCUT2D eigenvalue weighted by Gasteiger charge is -2.28. The van der Waals surface area contributed by atoms with E-state index in [-0.39, 0.29) is 47.4 Å². The van der Waals surface area contributed by atoms with E-state index in [9.17, 15) is 14.4 Å². The first-order valence-electron chi connectivity index (χ1n) is 10.0. The molecule has 1 aliphatic carbocycles. The molecule has 4 rings (SSSR count). The highest BCUT2D eigenvalue weighted by atomic mass is 79.9. The third-order valence-corrected chi connectivity index (χ3v) is 7.57. The summed E-state index contributed by atoms with van der Waals surface area (Å²) in [5, 5.41) is 0. The minimum atomic E-state index is -0.842. The van der Waals surface area contributed by atoms with Gasteiger partial charge in [0.15, 0.2) is 0 Å². The largest absolute Gasteiger partial charge is 0.467 e. The molecule has 0 bridgehead atoms. The number of benzene rings is 1. The number of furan rings is 1. The Balaban J connectivity index is 1.65. The smallest absolute Gasteiger partial charge is 0.257 e. The van der Waals surface area contributed by atoms with Crippen LogP contribution < -0.4 is 4.90 Å². The van der Waals surface area contributed by atoms with Crippen LogP contribution in [0, 0.1) is 16.7 Å². The van der Waals surface area contributed by atoms with E-state index >= 15 is 0 Å². The van der Waals surface area contributed by atoms with Gasteiger partial charge in [-0.05, 0) is 47.2 Å². The lowest BCUT2D eigenvalue weighted by atomic mass is 10.0. The summed E-state index contributed by atoms with van der Waals surface area (Å²) in [6, 6.07) is 9.68. The summed E-state index contributed by atoms with van der Waals surface area (Å²) in [6.45, 7) is 8.42. The summed E-state index contributed by atoms with van der Waals surface area (Å²) in [4.78, 5) is 42.4. The van der Waals surface area contributed by atoms with Gasteiger partial charge in [0.1, 0.15) is 11.8 Å². The van der Waals surface area contributed by atoms with E-state index < -0.39 is 6.04 Å². The van der Waals surface area contributed by atoms with Gasteiger partial charge in [-0.25, -0.2) is 4.90 Å². The normalized spacial score (nSPS) is 22.4. The predicted molar refractivity (Wildman–Crippen MR) is 115 cm³/mol. The van der Waals surface area contributed by atoms with Crippen LogP contribution in [0.25, 0.3) is 0 Å². The molecule has 0 N–H and O–H groups in total. The maximum absolute atomic E-state index is 13.6. The molecule has 2 heterocycles. The molecular weight excluding hydrogens is 448 g/mol. The first-order chi connectivity index (χ1) is 14.1. The Bertz CT molecular complexity index is 981. The van der Waals surface area contributed by atoms with E-state index in [0.717, 1.165) is 4.47 Å². The Morgan fingerprint density at radius 2 is 1.77 bits per heavy atom. The quantitative estimate of drug-likeness (QED) is 0.605. The molecule has 0 radical (unpaired) electrons. The van der Waals surface area contributed by atoms with Crippen LogP contribution in [0.2, 0.25) is 0 Å². The summed E-state index contributed by atoms with van der Waals surface area (Å²) in [7, 11) is 0. The van der Waals surface area contributed by atoms with Crippen LogP contribution in [0.4, 0.5) is 5.69 Å². The molecule has 30 heavy (non-hydrogen) atoms. The number of carbonyl (C=O) groups excluding carboxylic acids is 3. The first-order valence-corrected chi connectivity index (χ1v) is 10.8. The first kappa shape index (κ1) is 20.8. The van der Waals surface area contributed by atoms with Crippen molar-refractivity contribution in [1.29, 1.82) is 0 Å². The summed E-state index contributed by atoms with van der Waals surface area (Å²) >= 11 is 3.36. The van der Waals surface area contributed by atoms with Crippen LogP contribution in [0.1, 0.15) is 39.9 Å². The molecule has 1 unspecified atom stereocenters. The summed E-state index contributed by atoms with van der Waals surface area (Å²) in [5.74, 6) is -0.422. The molecular formula is C23H25BrN2O4. The zero-order chi connectivity index (χ0) is 21.8. The molecule has 2 aromatic rings. The molecule has 1 saturated heterocycles. The van der Waals surface area contributed by atoms with Crippen molar-refractivity contribution >= 4 is 39.3 Å². The minimum absolute atomic E-state index is 0.0328. The average Bonchev–Trinajstić information content (AvgIpc) is 3.10. The number of amides is 3. The van der Waals surface area contributed by atoms with Gasteiger partial charge >= 0.3 is 0 Å². The van der Waals surface area contributed by atoms with Crippen molar-refractivity contribution < 1.29 is 18.8 Å². The van der Waals surface area contributed by atoms with Gasteiger partial charge in [0.05, 0.1) is 24.9 Å². The van der Waals surface area contributed by atoms with Crippen LogP contribution in [0.15, 0.2) is 51.6 Å². The highest BCUT2D eigenvalue weighted by molar-refractivity contribution is 9.10. The summed E-state index contributed by atoms with van der Waals surface area (Å²) in [6.07, 6.45) is 1.51. The second kappa shape index (κ2) is 7.08. The van der Waals surface area contributed by atoms with Gasteiger partial charge in [0.2, 0.25) is 11.8 Å². The molecule has 158 valence electrons. The lowest BCUT2D eigenvalue weighted by molar-refractivity contribution is -0.141. The van der Waals surface area contributed by atoms with E-state index in [0.29, 0.717) is 11.4 Å². The number of anilines is 1. The number of hydrogen-bond acceptors (Lipinski definition) is 4. The number of halogens is 1. The molecule has 2 aliphatic rings. The summed E-state index contributed by atoms with van der Waals surface area (Å²) < 4.78 is 6.31. The fourth-order valence-corrected chi connectivity index (χ4v) is 4.88. The molecule has 1 saturated carbocycles. The van der Waals surface area contributed by atoms with Crippen molar-refractivity contribution in [3.63, 3.8) is 0 Å². The van der Waals surface area contributed by atoms with Crippen molar-refractivity contribution in [3.05, 3.63) is 52.9 Å². The Morgan fingerprint density at radius 3 is 2.30 bits per heavy atom. The van der Waals surface area contributed by atoms with Crippen molar-refractivity contribution in [2.24, 2.45) is 16.7 Å². The highest BCUT2D eigenvalue weighted by Gasteiger charge is 2.69. The highest BCUT2D eigenvalue weighted by Crippen LogP contribution is 2.69. The standard InChI is InChI=1S/C23H25BrN2O4/c1-22(2)19(23(22,3)4)21(29)25(13-16-6-5-11-30-16)17-12-18(27)26(20(17)28)15-9-7-14(24)8-10-15/h5-11,17,19H,12-13H2,1-4H3. The Hall–Kier alpha value is -2.41. The van der Waals surface area contributed by atoms with Crippen molar-refractivity contribution in [3.8, 4) is 0 Å². The van der Waals surface area contributed by atoms with E-state index in [2.05, 4.69) is 43.6 Å². The van der Waals surface area contributed by atoms with Gasteiger partial charge in [-0.3, -0.25) is 14.4 Å². The average molecular weight is 473 g/mol. The van der Waals surface area contributed by atoms with Gasteiger partial charge in [0, 0.05) is 10.4 Å². The molecule has 3 amide bonds. The molecule has 6 nitrogen and oxygen atoms in total. The number of imide groups is 1. The zero-order valence-corrected chi connectivity index (χ0v) is 19.1. The fraction of sp³-hybridized carbons (Fsp3) is 0.435. The molecule has 2 fully saturated rings. The molecule has 1 aromatic carbocycles. The van der Waals surface area contributed by atoms with Crippen molar-refractivity contribution in [2.45, 2.75) is 46.7 Å². The number of carbonyl (C=O) groups is 3. The second-order valence-electron chi connectivity index (χ2n) is 9.19. The maximum atomic E-state index is 13.6. The lowest BCUT2D eigenvalue weighted by Crippen LogP contribution is -2.46. The van der Waals surface area contributed by atoms with Crippen LogP contribution in [0.5, 0.6) is 0 Å². The molecule has 1 aliphatic heterocycles. The van der Waals surface area contributed by atoms with Gasteiger partial charge in [-0.1, -0.05) is 43.6 Å². The Morgan fingerprint density at radius 1 is 1.13 bits per heavy atom. The van der Waals surface area contributed by atoms with E-state index in [4.69, 9.17) is 4.42 Å². The second-order valence-corrected chi connectivity index (χ2v) is 10.1. The van der Waals surface area contributed by atoms with Crippen LogP contribution in [-0.4, -0.2) is 28.7 Å². The number of nitrogens with zero attached hydrogens (tertiary/aromatic N) is 2. The van der Waals surface area contributed by atoms with Gasteiger partial charge in [-0.2, -0.15) is 0 Å². The van der Waals surface area contributed by atoms with Crippen molar-refractivity contribution in [2.75, 3.05) is 4.90 Å². The fourth-order valence-electron chi connectivity index (χ4n) is 4.61. The van der Waals surface area contributed by atoms with Gasteiger partial charge in [0.25, 0.3) is 5.91 Å². The van der Waals surface area contributed by atoms with Crippen LogP contribution in [0.3, 0.4) is 0 Å². The van der Waals surface area contributed by atoms with Crippen LogP contribution in [-0.2, 0) is 20.9 Å². The maximum Gasteiger partial charge on any atom is 0.257 e. The minimum Gasteiger partial charge on any atom is -0.467 e. The van der Waals surface area contributed by atoms with E-state index in [1.807, 2.05) is 0 Å². The third kappa shape index (κ3) is 3.20. The molecule has 7 heteroatoms. The molecule has 0 spiro atoms. The van der Waals surface area contributed by atoms with E-state index in [1.54, 1.807) is 47.6 Å². The predicted octanol–water partition coefficient (Wildman–Crippen LogP) is 4.39. The molecule has 1 atom stereocenters. The molecule has 1 aromatic heterocycles. The summed E-state index contributed by atoms with van der Waals surface area (Å²) in [5.41, 5.74) is 0.152. The SMILES string of the molecule is CC1(C)C(C(=O)N(Cc2ccco2)C2CC(=O)N(c3ccc(Br)cc3)C2=O)C1(C)C. The number of rotatable bonds is 5.